The normalized spacial score (nSPS) is 14.6. The first-order valence-electron chi connectivity index (χ1n) is 7.67. The van der Waals surface area contributed by atoms with Crippen molar-refractivity contribution in [3.63, 3.8) is 0 Å². The average molecular weight is 336 g/mol. The van der Waals surface area contributed by atoms with Gasteiger partial charge in [0, 0.05) is 31.9 Å². The van der Waals surface area contributed by atoms with Crippen molar-refractivity contribution in [3.05, 3.63) is 36.4 Å². The number of nitrogens with one attached hydrogen (secondary N) is 1. The van der Waals surface area contributed by atoms with Crippen LogP contribution in [0.15, 0.2) is 36.4 Å². The molecule has 0 saturated carbocycles. The van der Waals surface area contributed by atoms with Crippen LogP contribution >= 0.6 is 0 Å². The number of piperidine rings is 1. The van der Waals surface area contributed by atoms with Crippen molar-refractivity contribution in [1.29, 1.82) is 0 Å². The molecule has 1 saturated heterocycles. The van der Waals surface area contributed by atoms with E-state index in [2.05, 4.69) is 34.5 Å². The van der Waals surface area contributed by atoms with Gasteiger partial charge in [0.2, 0.25) is 0 Å². The smallest absolute Gasteiger partial charge is 0.328 e. The van der Waals surface area contributed by atoms with E-state index in [1.54, 1.807) is 0 Å². The molecular weight excluding hydrogens is 312 g/mol. The maximum Gasteiger partial charge on any atom is 0.328 e. The molecule has 0 bridgehead atoms. The number of nitrogens with zero attached hydrogens (tertiary/aromatic N) is 1. The molecule has 1 fully saturated rings. The van der Waals surface area contributed by atoms with E-state index in [1.807, 2.05) is 14.1 Å². The highest BCUT2D eigenvalue weighted by molar-refractivity contribution is 5.89. The third-order valence-electron chi connectivity index (χ3n) is 3.31. The minimum atomic E-state index is -1.26. The number of carbonyl (C=O) groups is 2. The van der Waals surface area contributed by atoms with Crippen molar-refractivity contribution >= 4 is 17.6 Å². The number of hydrogen-bond donors (Lipinski definition) is 3. The molecule has 1 aromatic carbocycles. The van der Waals surface area contributed by atoms with Crippen molar-refractivity contribution < 1.29 is 24.5 Å². The molecule has 2 rings (SSSR count). The Hall–Kier alpha value is -2.54. The van der Waals surface area contributed by atoms with Crippen LogP contribution in [0.4, 0.5) is 5.69 Å². The van der Waals surface area contributed by atoms with Gasteiger partial charge in [0.05, 0.1) is 0 Å². The summed E-state index contributed by atoms with van der Waals surface area (Å²) in [6.45, 7) is 2.14. The highest BCUT2D eigenvalue weighted by Gasteiger charge is 2.14. The molecule has 3 N–H and O–H groups in total. The monoisotopic (exact) mass is 336 g/mol. The summed E-state index contributed by atoms with van der Waals surface area (Å²) in [6.07, 6.45) is 3.71. The van der Waals surface area contributed by atoms with Gasteiger partial charge in [0.25, 0.3) is 0 Å². The number of hydrogen-bond acceptors (Lipinski definition) is 5. The first-order chi connectivity index (χ1) is 11.4. The molecule has 24 heavy (non-hydrogen) atoms. The van der Waals surface area contributed by atoms with E-state index in [-0.39, 0.29) is 0 Å². The van der Waals surface area contributed by atoms with Gasteiger partial charge in [0.15, 0.2) is 0 Å². The minimum Gasteiger partial charge on any atom is -0.490 e. The average Bonchev–Trinajstić information content (AvgIpc) is 2.55. The fourth-order valence-corrected chi connectivity index (χ4v) is 2.07. The summed E-state index contributed by atoms with van der Waals surface area (Å²) in [6, 6.07) is 8.29. The SMILES string of the molecule is CN(C)c1ccc(OC2CCNCC2)cc1.O=C(O)/C=C/C(=O)O. The summed E-state index contributed by atoms with van der Waals surface area (Å²) in [7, 11) is 4.09. The molecule has 0 spiro atoms. The van der Waals surface area contributed by atoms with Crippen molar-refractivity contribution in [2.75, 3.05) is 32.1 Å². The third kappa shape index (κ3) is 8.19. The zero-order valence-electron chi connectivity index (χ0n) is 13.9. The molecule has 132 valence electrons. The molecule has 0 atom stereocenters. The first kappa shape index (κ1) is 19.5. The second-order valence-electron chi connectivity index (χ2n) is 5.47. The maximum absolute atomic E-state index is 9.55. The van der Waals surface area contributed by atoms with E-state index >= 15 is 0 Å². The van der Waals surface area contributed by atoms with Crippen molar-refractivity contribution in [1.82, 2.24) is 5.32 Å². The van der Waals surface area contributed by atoms with E-state index in [4.69, 9.17) is 14.9 Å². The highest BCUT2D eigenvalue weighted by atomic mass is 16.5. The highest BCUT2D eigenvalue weighted by Crippen LogP contribution is 2.20. The molecule has 7 heteroatoms. The van der Waals surface area contributed by atoms with Crippen LogP contribution in [0.3, 0.4) is 0 Å². The van der Waals surface area contributed by atoms with E-state index in [1.165, 1.54) is 5.69 Å². The summed E-state index contributed by atoms with van der Waals surface area (Å²) in [5.41, 5.74) is 1.21. The summed E-state index contributed by atoms with van der Waals surface area (Å²) in [5, 5.41) is 19.0. The van der Waals surface area contributed by atoms with Gasteiger partial charge in [-0.2, -0.15) is 0 Å². The number of carboxylic acids is 2. The molecule has 7 nitrogen and oxygen atoms in total. The van der Waals surface area contributed by atoms with Gasteiger partial charge in [-0.15, -0.1) is 0 Å². The van der Waals surface area contributed by atoms with Crippen molar-refractivity contribution in [2.45, 2.75) is 18.9 Å². The first-order valence-corrected chi connectivity index (χ1v) is 7.67. The van der Waals surface area contributed by atoms with Gasteiger partial charge in [-0.25, -0.2) is 9.59 Å². The minimum absolute atomic E-state index is 0.381. The number of benzene rings is 1. The molecule has 0 radical (unpaired) electrons. The van der Waals surface area contributed by atoms with Gasteiger partial charge in [-0.1, -0.05) is 0 Å². The topological polar surface area (TPSA) is 99.1 Å². The predicted octanol–water partition coefficient (Wildman–Crippen LogP) is 1.60. The van der Waals surface area contributed by atoms with Crippen LogP contribution < -0.4 is 15.0 Å². The molecule has 1 aliphatic heterocycles. The number of aliphatic carboxylic acids is 2. The van der Waals surface area contributed by atoms with Crippen molar-refractivity contribution in [3.8, 4) is 5.75 Å². The summed E-state index contributed by atoms with van der Waals surface area (Å²) < 4.78 is 5.93. The number of carboxylic acid groups (broad SMARTS) is 2. The summed E-state index contributed by atoms with van der Waals surface area (Å²) in [5.74, 6) is -1.53. The van der Waals surface area contributed by atoms with E-state index in [0.717, 1.165) is 31.7 Å². The molecule has 0 amide bonds. The molecule has 1 aromatic rings. The lowest BCUT2D eigenvalue weighted by Gasteiger charge is -2.24. The molecular formula is C17H24N2O5. The molecule has 0 unspecified atom stereocenters. The molecule has 1 heterocycles. The molecule has 0 aromatic heterocycles. The number of rotatable bonds is 5. The zero-order chi connectivity index (χ0) is 17.9. The standard InChI is InChI=1S/C13H20N2O.C4H4O4/c1-15(2)11-3-5-12(6-4-11)16-13-7-9-14-10-8-13;5-3(6)1-2-4(7)8/h3-6,13-14H,7-10H2,1-2H3;1-2H,(H,5,6)(H,7,8)/b;2-1+. The van der Waals surface area contributed by atoms with Crippen LogP contribution in [0.25, 0.3) is 0 Å². The lowest BCUT2D eigenvalue weighted by molar-refractivity contribution is -0.134. The second-order valence-corrected chi connectivity index (χ2v) is 5.47. The Bertz CT molecular complexity index is 533. The Kier molecular flexibility index (Phi) is 8.35. The van der Waals surface area contributed by atoms with E-state index < -0.39 is 11.9 Å². The predicted molar refractivity (Wildman–Crippen MR) is 91.7 cm³/mol. The zero-order valence-corrected chi connectivity index (χ0v) is 13.9. The van der Waals surface area contributed by atoms with E-state index in [0.29, 0.717) is 18.3 Å². The summed E-state index contributed by atoms with van der Waals surface area (Å²) in [4.78, 5) is 21.2. The number of anilines is 1. The van der Waals surface area contributed by atoms with Crippen molar-refractivity contribution in [2.24, 2.45) is 0 Å². The fourth-order valence-electron chi connectivity index (χ4n) is 2.07. The van der Waals surface area contributed by atoms with Gasteiger partial charge in [-0.05, 0) is 50.2 Å². The Labute approximate surface area is 141 Å². The number of ether oxygens (including phenoxy) is 1. The lowest BCUT2D eigenvalue weighted by atomic mass is 10.1. The molecule has 1 aliphatic rings. The van der Waals surface area contributed by atoms with Crippen LogP contribution in [0.1, 0.15) is 12.8 Å². The maximum atomic E-state index is 9.55. The Balaban J connectivity index is 0.000000307. The second kappa shape index (κ2) is 10.3. The Morgan fingerprint density at radius 1 is 1.08 bits per heavy atom. The molecule has 0 aliphatic carbocycles. The van der Waals surface area contributed by atoms with Crippen LogP contribution in [-0.2, 0) is 9.59 Å². The van der Waals surface area contributed by atoms with Gasteiger partial charge >= 0.3 is 11.9 Å². The van der Waals surface area contributed by atoms with Crippen LogP contribution in [-0.4, -0.2) is 55.4 Å². The van der Waals surface area contributed by atoms with E-state index in [9.17, 15) is 9.59 Å². The van der Waals surface area contributed by atoms with Gasteiger partial charge in [0.1, 0.15) is 11.9 Å². The Morgan fingerprint density at radius 3 is 2.00 bits per heavy atom. The Morgan fingerprint density at radius 2 is 1.58 bits per heavy atom. The fraction of sp³-hybridized carbons (Fsp3) is 0.412. The van der Waals surface area contributed by atoms with Gasteiger partial charge < -0.3 is 25.2 Å². The third-order valence-corrected chi connectivity index (χ3v) is 3.31. The van der Waals surface area contributed by atoms with Crippen LogP contribution in [0, 0.1) is 0 Å². The van der Waals surface area contributed by atoms with Crippen LogP contribution in [0.5, 0.6) is 5.75 Å². The van der Waals surface area contributed by atoms with Crippen LogP contribution in [0.2, 0.25) is 0 Å². The largest absolute Gasteiger partial charge is 0.490 e. The quantitative estimate of drug-likeness (QED) is 0.702. The van der Waals surface area contributed by atoms with Gasteiger partial charge in [-0.3, -0.25) is 0 Å². The summed E-state index contributed by atoms with van der Waals surface area (Å²) >= 11 is 0. The lowest BCUT2D eigenvalue weighted by Crippen LogP contribution is -2.34.